The zero-order chi connectivity index (χ0) is 33.7. The molecular formula is C31H36N8O8. The second kappa shape index (κ2) is 12.0. The minimum atomic E-state index is -1.87. The van der Waals surface area contributed by atoms with Crippen molar-refractivity contribution >= 4 is 33.7 Å². The number of nitrogen functional groups attached to an aromatic ring is 2. The molecule has 47 heavy (non-hydrogen) atoms. The van der Waals surface area contributed by atoms with Gasteiger partial charge in [-0.3, -0.25) is 0 Å². The lowest BCUT2D eigenvalue weighted by Crippen LogP contribution is -2.45. The van der Waals surface area contributed by atoms with Gasteiger partial charge in [-0.15, -0.1) is 11.8 Å². The summed E-state index contributed by atoms with van der Waals surface area (Å²) in [7, 11) is 0. The number of nitrogens with zero attached hydrogens (tertiary/aromatic N) is 6. The normalized spacial score (nSPS) is 32.3. The van der Waals surface area contributed by atoms with Gasteiger partial charge in [0.1, 0.15) is 60.0 Å². The number of aliphatic hydroxyl groups excluding tert-OH is 3. The van der Waals surface area contributed by atoms with E-state index in [4.69, 9.17) is 30.4 Å². The minimum absolute atomic E-state index is 0.204. The van der Waals surface area contributed by atoms with Gasteiger partial charge in [0.15, 0.2) is 23.8 Å². The van der Waals surface area contributed by atoms with Gasteiger partial charge in [0.25, 0.3) is 0 Å². The first-order valence-corrected chi connectivity index (χ1v) is 14.8. The Labute approximate surface area is 269 Å². The summed E-state index contributed by atoms with van der Waals surface area (Å²) in [4.78, 5) is 16.4. The average Bonchev–Trinajstić information content (AvgIpc) is 3.82. The van der Waals surface area contributed by atoms with Crippen LogP contribution in [-0.2, 0) is 18.9 Å². The Morgan fingerprint density at radius 3 is 1.89 bits per heavy atom. The lowest BCUT2D eigenvalue weighted by molar-refractivity contribution is -0.210. The molecular weight excluding hydrogens is 612 g/mol. The summed E-state index contributed by atoms with van der Waals surface area (Å²) in [6.45, 7) is 6.28. The van der Waals surface area contributed by atoms with Crippen molar-refractivity contribution in [2.75, 3.05) is 24.7 Å². The predicted molar refractivity (Wildman–Crippen MR) is 166 cm³/mol. The molecule has 7 heterocycles. The molecule has 16 heteroatoms. The fraction of sp³-hybridized carbons (Fsp3) is 0.484. The fourth-order valence-electron chi connectivity index (χ4n) is 6.42. The molecule has 0 spiro atoms. The molecule has 0 unspecified atom stereocenters. The monoisotopic (exact) mass is 648 g/mol. The third-order valence-electron chi connectivity index (χ3n) is 8.33. The zero-order valence-electron chi connectivity index (χ0n) is 26.1. The van der Waals surface area contributed by atoms with Gasteiger partial charge in [0, 0.05) is 12.4 Å². The van der Waals surface area contributed by atoms with Crippen LogP contribution >= 0.6 is 0 Å². The van der Waals surface area contributed by atoms with Crippen molar-refractivity contribution in [3.8, 4) is 23.7 Å². The summed E-state index contributed by atoms with van der Waals surface area (Å²) in [6.07, 6.45) is 1.06. The predicted octanol–water partition coefficient (Wildman–Crippen LogP) is -0.165. The highest BCUT2D eigenvalue weighted by Crippen LogP contribution is 2.51. The number of anilines is 2. The van der Waals surface area contributed by atoms with E-state index < -0.39 is 60.5 Å². The number of hydrogen-bond donors (Lipinski definition) is 6. The van der Waals surface area contributed by atoms with Crippen LogP contribution in [0.15, 0.2) is 37.2 Å². The third kappa shape index (κ3) is 5.16. The molecule has 0 aliphatic carbocycles. The zero-order valence-corrected chi connectivity index (χ0v) is 26.1. The molecule has 3 aliphatic rings. The van der Waals surface area contributed by atoms with E-state index in [-0.39, 0.29) is 6.61 Å². The highest BCUT2D eigenvalue weighted by Gasteiger charge is 2.66. The van der Waals surface area contributed by atoms with Crippen molar-refractivity contribution in [1.29, 1.82) is 0 Å². The molecule has 8 N–H and O–H groups in total. The second-order valence-electron chi connectivity index (χ2n) is 11.7. The number of aliphatic hydroxyl groups is 4. The molecule has 0 radical (unpaired) electrons. The lowest BCUT2D eigenvalue weighted by atomic mass is 9.94. The smallest absolute Gasteiger partial charge is 0.205 e. The van der Waals surface area contributed by atoms with Crippen molar-refractivity contribution in [3.63, 3.8) is 0 Å². The number of hydrogen-bond acceptors (Lipinski definition) is 14. The number of ether oxygens (including phenoxy) is 4. The number of aromatic nitrogens is 6. The quantitative estimate of drug-likeness (QED) is 0.158. The van der Waals surface area contributed by atoms with Gasteiger partial charge in [-0.1, -0.05) is 11.8 Å². The average molecular weight is 649 g/mol. The molecule has 0 bridgehead atoms. The van der Waals surface area contributed by atoms with E-state index in [0.717, 1.165) is 0 Å². The Bertz CT molecular complexity index is 1920. The largest absolute Gasteiger partial charge is 0.394 e. The van der Waals surface area contributed by atoms with Crippen LogP contribution in [0, 0.1) is 23.7 Å². The van der Waals surface area contributed by atoms with Crippen LogP contribution < -0.4 is 11.5 Å². The summed E-state index contributed by atoms with van der Waals surface area (Å²) >= 11 is 0. The van der Waals surface area contributed by atoms with E-state index in [1.807, 2.05) is 30.7 Å². The van der Waals surface area contributed by atoms with E-state index in [1.165, 1.54) is 17.2 Å². The van der Waals surface area contributed by atoms with Crippen LogP contribution in [0.4, 0.5) is 11.6 Å². The van der Waals surface area contributed by atoms with Crippen molar-refractivity contribution < 1.29 is 39.4 Å². The standard InChI is InChI=1S/C17H20N4O4.C14H16N4O4/c1-4-6-17-12(24-16(2,3)25-17)11(8-22)23-15(17)21-7-5-10-13(18)19-9-20-14(10)21;1-2-4-14(21)10(20)9(6-19)22-13(14)18-5-3-8-11(15)16-7-17-12(8)18/h5,7,9,11-12,15,22H,8H2,1-3H3,(H2,18,19,20);3,5,7,9-10,13,19-21H,6H2,1H3,(H2,15,16,17)/t11-,12-,15-,17-;9-,10-,13-,14-/m11/s1. The van der Waals surface area contributed by atoms with Crippen molar-refractivity contribution in [2.24, 2.45) is 0 Å². The van der Waals surface area contributed by atoms with Crippen LogP contribution in [0.1, 0.15) is 40.2 Å². The highest BCUT2D eigenvalue weighted by molar-refractivity contribution is 5.86. The molecule has 4 aromatic heterocycles. The Kier molecular flexibility index (Phi) is 8.33. The van der Waals surface area contributed by atoms with Crippen molar-refractivity contribution in [1.82, 2.24) is 29.1 Å². The topological polar surface area (TPSA) is 231 Å². The Balaban J connectivity index is 0.000000166. The van der Waals surface area contributed by atoms with Crippen LogP contribution in [-0.4, -0.2) is 104 Å². The van der Waals surface area contributed by atoms with Crippen LogP contribution in [0.25, 0.3) is 22.1 Å². The van der Waals surface area contributed by atoms with Crippen molar-refractivity contribution in [3.05, 3.63) is 37.2 Å². The first-order chi connectivity index (χ1) is 22.4. The van der Waals surface area contributed by atoms with Gasteiger partial charge in [-0.05, 0) is 39.8 Å². The summed E-state index contributed by atoms with van der Waals surface area (Å²) in [5.74, 6) is 11.0. The molecule has 0 aromatic carbocycles. The van der Waals surface area contributed by atoms with Crippen LogP contribution in [0.3, 0.4) is 0 Å². The molecule has 3 saturated heterocycles. The van der Waals surface area contributed by atoms with Crippen molar-refractivity contribution in [2.45, 2.75) is 81.6 Å². The van der Waals surface area contributed by atoms with Gasteiger partial charge in [-0.25, -0.2) is 19.9 Å². The number of rotatable bonds is 4. The molecule has 16 nitrogen and oxygen atoms in total. The molecule has 0 amide bonds. The van der Waals surface area contributed by atoms with E-state index in [0.29, 0.717) is 33.7 Å². The Hall–Kier alpha value is -4.36. The maximum Gasteiger partial charge on any atom is 0.205 e. The summed E-state index contributed by atoms with van der Waals surface area (Å²) in [5.41, 5.74) is 9.85. The van der Waals surface area contributed by atoms with Crippen LogP contribution in [0.2, 0.25) is 0 Å². The van der Waals surface area contributed by atoms with Gasteiger partial charge in [0.2, 0.25) is 5.60 Å². The molecule has 7 rings (SSSR count). The van der Waals surface area contributed by atoms with E-state index in [1.54, 1.807) is 26.1 Å². The highest BCUT2D eigenvalue weighted by atomic mass is 16.8. The summed E-state index contributed by atoms with van der Waals surface area (Å²) in [5, 5.41) is 41.4. The summed E-state index contributed by atoms with van der Waals surface area (Å²) < 4.78 is 27.2. The van der Waals surface area contributed by atoms with Gasteiger partial charge >= 0.3 is 0 Å². The molecule has 0 saturated carbocycles. The maximum atomic E-state index is 10.8. The summed E-state index contributed by atoms with van der Waals surface area (Å²) in [6, 6.07) is 3.51. The van der Waals surface area contributed by atoms with E-state index >= 15 is 0 Å². The molecule has 4 aromatic rings. The molecule has 3 aliphatic heterocycles. The first-order valence-electron chi connectivity index (χ1n) is 14.8. The third-order valence-corrected chi connectivity index (χ3v) is 8.33. The SMILES string of the molecule is CC#C[C@@]1(O)[C@H](O)[C@@H](CO)O[C@H]1n1ccc2c(N)ncnc21.CC#C[C@@]12OC(C)(C)O[C@@H]1[C@@H](CO)O[C@H]2n1ccc2c(N)ncnc21. The van der Waals surface area contributed by atoms with E-state index in [9.17, 15) is 20.4 Å². The van der Waals surface area contributed by atoms with Crippen LogP contribution in [0.5, 0.6) is 0 Å². The molecule has 248 valence electrons. The number of nitrogens with two attached hydrogens (primary N) is 2. The fourth-order valence-corrected chi connectivity index (χ4v) is 6.42. The van der Waals surface area contributed by atoms with E-state index in [2.05, 4.69) is 43.6 Å². The second-order valence-corrected chi connectivity index (χ2v) is 11.7. The lowest BCUT2D eigenvalue weighted by Gasteiger charge is -2.29. The first kappa shape index (κ1) is 32.6. The molecule has 8 atom stereocenters. The van der Waals surface area contributed by atoms with Gasteiger partial charge in [0.05, 0.1) is 24.0 Å². The minimum Gasteiger partial charge on any atom is -0.394 e. The Morgan fingerprint density at radius 1 is 0.830 bits per heavy atom. The number of fused-ring (bicyclic) bond motifs is 3. The maximum absolute atomic E-state index is 10.8. The Morgan fingerprint density at radius 2 is 1.36 bits per heavy atom. The van der Waals surface area contributed by atoms with Gasteiger partial charge < -0.3 is 60.0 Å². The molecule has 3 fully saturated rings. The van der Waals surface area contributed by atoms with Gasteiger partial charge in [-0.2, -0.15) is 0 Å².